The quantitative estimate of drug-likeness (QED) is 0.516. The number of nitrogens with zero attached hydrogens (tertiary/aromatic N) is 2. The number of aryl methyl sites for hydroxylation is 1. The highest BCUT2D eigenvalue weighted by atomic mass is 16.3. The van der Waals surface area contributed by atoms with Crippen LogP contribution < -0.4 is 0 Å². The number of furan rings is 1. The van der Waals surface area contributed by atoms with E-state index in [-0.39, 0.29) is 0 Å². The molecule has 3 rings (SSSR count). The zero-order valence-electron chi connectivity index (χ0n) is 12.3. The Morgan fingerprint density at radius 2 is 1.41 bits per heavy atom. The van der Waals surface area contributed by atoms with Gasteiger partial charge in [0.1, 0.15) is 17.2 Å². The summed E-state index contributed by atoms with van der Waals surface area (Å²) in [6.45, 7) is 1.90. The van der Waals surface area contributed by atoms with E-state index in [2.05, 4.69) is 10.2 Å². The minimum atomic E-state index is 0.696. The van der Waals surface area contributed by atoms with E-state index in [1.165, 1.54) is 0 Å². The van der Waals surface area contributed by atoms with Crippen molar-refractivity contribution in [3.63, 3.8) is 0 Å². The molecular weight excluding hydrogens is 272 g/mol. The summed E-state index contributed by atoms with van der Waals surface area (Å²) in [5.74, 6) is 1.55. The molecule has 1 heterocycles. The maximum atomic E-state index is 5.46. The standard InChI is InChI=1S/C19H16N2O/c1-15-12-13-18(22-15)14-20-21-19(16-8-4-2-5-9-16)17-10-6-3-7-11-17/h2-14H,1H3. The van der Waals surface area contributed by atoms with Gasteiger partial charge in [-0.05, 0) is 19.1 Å². The topological polar surface area (TPSA) is 37.9 Å². The van der Waals surface area contributed by atoms with E-state index >= 15 is 0 Å². The van der Waals surface area contributed by atoms with Gasteiger partial charge in [-0.15, -0.1) is 5.10 Å². The van der Waals surface area contributed by atoms with Gasteiger partial charge in [-0.25, -0.2) is 0 Å². The lowest BCUT2D eigenvalue weighted by molar-refractivity contribution is 0.528. The Hall–Kier alpha value is -2.94. The molecule has 0 unspecified atom stereocenters. The first kappa shape index (κ1) is 14.0. The number of rotatable bonds is 4. The average Bonchev–Trinajstić information content (AvgIpc) is 2.99. The second kappa shape index (κ2) is 6.68. The van der Waals surface area contributed by atoms with Crippen LogP contribution in [-0.2, 0) is 0 Å². The predicted molar refractivity (Wildman–Crippen MR) is 89.6 cm³/mol. The Bertz CT molecular complexity index is 745. The Kier molecular flexibility index (Phi) is 4.25. The molecule has 0 spiro atoms. The molecule has 0 radical (unpaired) electrons. The lowest BCUT2D eigenvalue weighted by atomic mass is 10.0. The van der Waals surface area contributed by atoms with Crippen LogP contribution in [0.25, 0.3) is 0 Å². The van der Waals surface area contributed by atoms with Gasteiger partial charge < -0.3 is 4.42 Å². The van der Waals surface area contributed by atoms with Crippen LogP contribution >= 0.6 is 0 Å². The van der Waals surface area contributed by atoms with Crippen LogP contribution in [0.5, 0.6) is 0 Å². The van der Waals surface area contributed by atoms with Crippen molar-refractivity contribution in [3.05, 3.63) is 95.4 Å². The molecule has 3 nitrogen and oxygen atoms in total. The van der Waals surface area contributed by atoms with Crippen LogP contribution in [0.2, 0.25) is 0 Å². The zero-order chi connectivity index (χ0) is 15.2. The molecule has 22 heavy (non-hydrogen) atoms. The lowest BCUT2D eigenvalue weighted by Crippen LogP contribution is -2.02. The maximum Gasteiger partial charge on any atom is 0.147 e. The van der Waals surface area contributed by atoms with Gasteiger partial charge in [-0.3, -0.25) is 0 Å². The van der Waals surface area contributed by atoms with Crippen molar-refractivity contribution < 1.29 is 4.42 Å². The second-order valence-corrected chi connectivity index (χ2v) is 4.87. The van der Waals surface area contributed by atoms with E-state index < -0.39 is 0 Å². The largest absolute Gasteiger partial charge is 0.460 e. The van der Waals surface area contributed by atoms with Crippen molar-refractivity contribution in [2.45, 2.75) is 6.92 Å². The zero-order valence-corrected chi connectivity index (χ0v) is 12.3. The second-order valence-electron chi connectivity index (χ2n) is 4.87. The van der Waals surface area contributed by atoms with E-state index in [1.807, 2.05) is 79.7 Å². The molecule has 3 heteroatoms. The summed E-state index contributed by atoms with van der Waals surface area (Å²) < 4.78 is 5.46. The van der Waals surface area contributed by atoms with Crippen molar-refractivity contribution in [1.29, 1.82) is 0 Å². The minimum absolute atomic E-state index is 0.696. The molecule has 0 fully saturated rings. The van der Waals surface area contributed by atoms with Crippen LogP contribution in [0.15, 0.2) is 87.4 Å². The molecule has 0 bridgehead atoms. The Balaban J connectivity index is 1.95. The molecule has 1 aromatic heterocycles. The van der Waals surface area contributed by atoms with E-state index in [0.717, 1.165) is 22.6 Å². The third-order valence-corrected chi connectivity index (χ3v) is 3.20. The normalized spacial score (nSPS) is 10.8. The van der Waals surface area contributed by atoms with Crippen LogP contribution in [0.3, 0.4) is 0 Å². The Morgan fingerprint density at radius 3 is 1.91 bits per heavy atom. The molecule has 0 saturated heterocycles. The summed E-state index contributed by atoms with van der Waals surface area (Å²) in [5.41, 5.74) is 2.89. The molecule has 0 N–H and O–H groups in total. The fourth-order valence-electron chi connectivity index (χ4n) is 2.14. The minimum Gasteiger partial charge on any atom is -0.460 e. The molecule has 0 atom stereocenters. The van der Waals surface area contributed by atoms with Gasteiger partial charge in [0.15, 0.2) is 0 Å². The van der Waals surface area contributed by atoms with Crippen LogP contribution in [0, 0.1) is 6.92 Å². The number of hydrogen-bond donors (Lipinski definition) is 0. The average molecular weight is 288 g/mol. The van der Waals surface area contributed by atoms with Gasteiger partial charge >= 0.3 is 0 Å². The monoisotopic (exact) mass is 288 g/mol. The van der Waals surface area contributed by atoms with Crippen molar-refractivity contribution >= 4 is 11.9 Å². The first-order chi connectivity index (χ1) is 10.8. The third kappa shape index (κ3) is 3.38. The Labute approximate surface area is 129 Å². The Morgan fingerprint density at radius 1 is 0.818 bits per heavy atom. The molecule has 0 amide bonds. The predicted octanol–water partition coefficient (Wildman–Crippen LogP) is 4.46. The van der Waals surface area contributed by atoms with E-state index in [9.17, 15) is 0 Å². The van der Waals surface area contributed by atoms with Crippen LogP contribution in [0.4, 0.5) is 0 Å². The fraction of sp³-hybridized carbons (Fsp3) is 0.0526. The molecule has 108 valence electrons. The van der Waals surface area contributed by atoms with Crippen molar-refractivity contribution in [1.82, 2.24) is 0 Å². The first-order valence-electron chi connectivity index (χ1n) is 7.11. The van der Waals surface area contributed by atoms with Gasteiger partial charge in [0, 0.05) is 11.1 Å². The molecule has 0 aliphatic carbocycles. The molecule has 2 aromatic carbocycles. The molecule has 0 aliphatic heterocycles. The third-order valence-electron chi connectivity index (χ3n) is 3.20. The number of hydrogen-bond acceptors (Lipinski definition) is 3. The summed E-state index contributed by atoms with van der Waals surface area (Å²) in [6.07, 6.45) is 1.62. The molecular formula is C19H16N2O. The van der Waals surface area contributed by atoms with E-state index in [4.69, 9.17) is 4.42 Å². The van der Waals surface area contributed by atoms with Gasteiger partial charge in [-0.2, -0.15) is 5.10 Å². The van der Waals surface area contributed by atoms with Crippen molar-refractivity contribution in [2.24, 2.45) is 10.2 Å². The number of benzene rings is 2. The van der Waals surface area contributed by atoms with Gasteiger partial charge in [0.25, 0.3) is 0 Å². The summed E-state index contributed by atoms with van der Waals surface area (Å²) in [7, 11) is 0. The highest BCUT2D eigenvalue weighted by molar-refractivity contribution is 6.12. The lowest BCUT2D eigenvalue weighted by Gasteiger charge is -2.04. The van der Waals surface area contributed by atoms with Crippen molar-refractivity contribution in [3.8, 4) is 0 Å². The highest BCUT2D eigenvalue weighted by Crippen LogP contribution is 2.11. The summed E-state index contributed by atoms with van der Waals surface area (Å²) >= 11 is 0. The SMILES string of the molecule is Cc1ccc(C=NN=C(c2ccccc2)c2ccccc2)o1. The van der Waals surface area contributed by atoms with Crippen LogP contribution in [0.1, 0.15) is 22.6 Å². The van der Waals surface area contributed by atoms with Crippen LogP contribution in [-0.4, -0.2) is 11.9 Å². The van der Waals surface area contributed by atoms with Crippen molar-refractivity contribution in [2.75, 3.05) is 0 Å². The molecule has 0 saturated carbocycles. The highest BCUT2D eigenvalue weighted by Gasteiger charge is 2.05. The smallest absolute Gasteiger partial charge is 0.147 e. The first-order valence-corrected chi connectivity index (χ1v) is 7.11. The molecule has 0 aliphatic rings. The summed E-state index contributed by atoms with van der Waals surface area (Å²) in [6, 6.07) is 23.8. The summed E-state index contributed by atoms with van der Waals surface area (Å²) in [5, 5.41) is 8.57. The van der Waals surface area contributed by atoms with Gasteiger partial charge in [0.05, 0.1) is 6.21 Å². The fourth-order valence-corrected chi connectivity index (χ4v) is 2.14. The van der Waals surface area contributed by atoms with E-state index in [0.29, 0.717) is 5.76 Å². The summed E-state index contributed by atoms with van der Waals surface area (Å²) in [4.78, 5) is 0. The van der Waals surface area contributed by atoms with E-state index in [1.54, 1.807) is 6.21 Å². The van der Waals surface area contributed by atoms with Gasteiger partial charge in [-0.1, -0.05) is 60.7 Å². The molecule has 3 aromatic rings. The maximum absolute atomic E-state index is 5.46. The van der Waals surface area contributed by atoms with Gasteiger partial charge in [0.2, 0.25) is 0 Å².